The van der Waals surface area contributed by atoms with Gasteiger partial charge in [-0.25, -0.2) is 13.2 Å². The first-order valence-electron chi connectivity index (χ1n) is 9.45. The Balaban J connectivity index is 1.56. The molecule has 1 saturated heterocycles. The van der Waals surface area contributed by atoms with E-state index in [4.69, 9.17) is 9.47 Å². The van der Waals surface area contributed by atoms with E-state index < -0.39 is 34.3 Å². The first-order valence-corrected chi connectivity index (χ1v) is 11.8. The third kappa shape index (κ3) is 6.48. The summed E-state index contributed by atoms with van der Waals surface area (Å²) in [4.78, 5) is 24.6. The molecule has 0 aromatic heterocycles. The highest BCUT2D eigenvalue weighted by atomic mass is 32.2. The second-order valence-electron chi connectivity index (χ2n) is 6.57. The van der Waals surface area contributed by atoms with Gasteiger partial charge in [0, 0.05) is 23.7 Å². The van der Waals surface area contributed by atoms with Gasteiger partial charge in [0.2, 0.25) is 10.0 Å². The van der Waals surface area contributed by atoms with Crippen molar-refractivity contribution in [1.82, 2.24) is 4.31 Å². The molecule has 0 spiro atoms. The smallest absolute Gasteiger partial charge is 0.338 e. The van der Waals surface area contributed by atoms with Crippen molar-refractivity contribution in [2.24, 2.45) is 0 Å². The minimum atomic E-state index is -3.78. The predicted octanol–water partition coefficient (Wildman–Crippen LogP) is 2.82. The quantitative estimate of drug-likeness (QED) is 0.452. The van der Waals surface area contributed by atoms with Crippen LogP contribution in [0.15, 0.2) is 58.3 Å². The maximum atomic E-state index is 12.7. The van der Waals surface area contributed by atoms with Crippen LogP contribution < -0.4 is 5.32 Å². The summed E-state index contributed by atoms with van der Waals surface area (Å²) in [6.45, 7) is 0.429. The van der Waals surface area contributed by atoms with Crippen LogP contribution in [0.4, 0.5) is 14.5 Å². The van der Waals surface area contributed by atoms with Gasteiger partial charge in [-0.2, -0.15) is 13.1 Å². The summed E-state index contributed by atoms with van der Waals surface area (Å²) >= 11 is 0.382. The van der Waals surface area contributed by atoms with E-state index in [1.54, 1.807) is 0 Å². The standard InChI is InChI=1S/C20H20F2N2O6S2/c21-20(22)31-16-6-4-15(5-7-16)23-18(25)13-30-19(26)14-2-1-3-17(12-14)32(27,28)24-8-10-29-11-9-24/h1-7,12,20H,8-11,13H2,(H,23,25). The zero-order chi connectivity index (χ0) is 23.1. The van der Waals surface area contributed by atoms with Crippen molar-refractivity contribution in [3.05, 3.63) is 54.1 Å². The van der Waals surface area contributed by atoms with Crippen LogP contribution in [0.1, 0.15) is 10.4 Å². The molecule has 172 valence electrons. The number of carbonyl (C=O) groups excluding carboxylic acids is 2. The fraction of sp³-hybridized carbons (Fsp3) is 0.300. The first kappa shape index (κ1) is 24.1. The lowest BCUT2D eigenvalue weighted by Gasteiger charge is -2.26. The van der Waals surface area contributed by atoms with E-state index in [1.165, 1.54) is 52.8 Å². The van der Waals surface area contributed by atoms with Crippen molar-refractivity contribution >= 4 is 39.3 Å². The summed E-state index contributed by atoms with van der Waals surface area (Å²) in [6, 6.07) is 11.1. The molecule has 0 saturated carbocycles. The van der Waals surface area contributed by atoms with Gasteiger partial charge in [0.1, 0.15) is 0 Å². The van der Waals surface area contributed by atoms with Crippen LogP contribution in [0.3, 0.4) is 0 Å². The molecule has 1 heterocycles. The van der Waals surface area contributed by atoms with E-state index in [-0.39, 0.29) is 23.5 Å². The topological polar surface area (TPSA) is 102 Å². The molecule has 0 aliphatic carbocycles. The van der Waals surface area contributed by atoms with Crippen LogP contribution in [-0.4, -0.2) is 63.3 Å². The molecule has 1 amide bonds. The highest BCUT2D eigenvalue weighted by Gasteiger charge is 2.27. The number of halogens is 2. The summed E-state index contributed by atoms with van der Waals surface area (Å²) in [5.74, 6) is -4.04. The molecule has 32 heavy (non-hydrogen) atoms. The zero-order valence-corrected chi connectivity index (χ0v) is 18.3. The van der Waals surface area contributed by atoms with Crippen LogP contribution in [0.5, 0.6) is 0 Å². The third-order valence-corrected chi connectivity index (χ3v) is 6.99. The van der Waals surface area contributed by atoms with E-state index in [9.17, 15) is 26.8 Å². The number of nitrogens with one attached hydrogen (secondary N) is 1. The van der Waals surface area contributed by atoms with E-state index >= 15 is 0 Å². The van der Waals surface area contributed by atoms with Gasteiger partial charge in [0.15, 0.2) is 6.61 Å². The Morgan fingerprint density at radius 3 is 2.47 bits per heavy atom. The number of esters is 1. The Kier molecular flexibility index (Phi) is 8.18. The monoisotopic (exact) mass is 486 g/mol. The maximum Gasteiger partial charge on any atom is 0.338 e. The molecule has 2 aromatic carbocycles. The molecule has 1 aliphatic heterocycles. The maximum absolute atomic E-state index is 12.7. The fourth-order valence-corrected chi connectivity index (χ4v) is 4.80. The molecule has 0 bridgehead atoms. The highest BCUT2D eigenvalue weighted by Crippen LogP contribution is 2.26. The third-order valence-electron chi connectivity index (χ3n) is 4.38. The van der Waals surface area contributed by atoms with Crippen molar-refractivity contribution in [3.8, 4) is 0 Å². The second-order valence-corrected chi connectivity index (χ2v) is 9.57. The summed E-state index contributed by atoms with van der Waals surface area (Å²) < 4.78 is 61.5. The molecule has 12 heteroatoms. The van der Waals surface area contributed by atoms with Crippen LogP contribution >= 0.6 is 11.8 Å². The zero-order valence-electron chi connectivity index (χ0n) is 16.7. The van der Waals surface area contributed by atoms with Gasteiger partial charge in [0.25, 0.3) is 11.7 Å². The van der Waals surface area contributed by atoms with Crippen molar-refractivity contribution in [1.29, 1.82) is 0 Å². The lowest BCUT2D eigenvalue weighted by atomic mass is 10.2. The van der Waals surface area contributed by atoms with Crippen LogP contribution in [-0.2, 0) is 24.3 Å². The molecule has 3 rings (SSSR count). The number of rotatable bonds is 8. The van der Waals surface area contributed by atoms with Crippen LogP contribution in [0.25, 0.3) is 0 Å². The molecule has 1 N–H and O–H groups in total. The summed E-state index contributed by atoms with van der Waals surface area (Å²) in [5, 5.41) is 2.48. The van der Waals surface area contributed by atoms with Gasteiger partial charge in [-0.15, -0.1) is 0 Å². The van der Waals surface area contributed by atoms with Crippen molar-refractivity contribution in [2.75, 3.05) is 38.2 Å². The Hall–Kier alpha value is -2.54. The average Bonchev–Trinajstić information content (AvgIpc) is 2.79. The molecule has 0 unspecified atom stereocenters. The van der Waals surface area contributed by atoms with Crippen molar-refractivity contribution < 1.29 is 36.3 Å². The molecular formula is C20H20F2N2O6S2. The number of morpholine rings is 1. The summed E-state index contributed by atoms with van der Waals surface area (Å²) in [5.41, 5.74) is 0.337. The molecule has 0 radical (unpaired) electrons. The number of thioether (sulfide) groups is 1. The van der Waals surface area contributed by atoms with Gasteiger partial charge in [-0.3, -0.25) is 4.79 Å². The van der Waals surface area contributed by atoms with Crippen LogP contribution in [0.2, 0.25) is 0 Å². The van der Waals surface area contributed by atoms with E-state index in [2.05, 4.69) is 5.32 Å². The predicted molar refractivity (Wildman–Crippen MR) is 113 cm³/mol. The number of anilines is 1. The number of ether oxygens (including phenoxy) is 2. The SMILES string of the molecule is O=C(COC(=O)c1cccc(S(=O)(=O)N2CCOCC2)c1)Nc1ccc(SC(F)F)cc1. The Bertz CT molecular complexity index is 1060. The van der Waals surface area contributed by atoms with E-state index in [0.717, 1.165) is 0 Å². The molecule has 0 atom stereocenters. The van der Waals surface area contributed by atoms with Crippen molar-refractivity contribution in [3.63, 3.8) is 0 Å². The Labute approximate surface area is 187 Å². The summed E-state index contributed by atoms with van der Waals surface area (Å²) in [6.07, 6.45) is 0. The number of nitrogens with zero attached hydrogens (tertiary/aromatic N) is 1. The number of amides is 1. The van der Waals surface area contributed by atoms with Crippen molar-refractivity contribution in [2.45, 2.75) is 15.5 Å². The minimum Gasteiger partial charge on any atom is -0.452 e. The van der Waals surface area contributed by atoms with Gasteiger partial charge < -0.3 is 14.8 Å². The molecular weight excluding hydrogens is 466 g/mol. The van der Waals surface area contributed by atoms with Crippen LogP contribution in [0, 0.1) is 0 Å². The Morgan fingerprint density at radius 1 is 1.12 bits per heavy atom. The second kappa shape index (κ2) is 10.9. The van der Waals surface area contributed by atoms with Gasteiger partial charge in [-0.05, 0) is 42.5 Å². The van der Waals surface area contributed by atoms with Gasteiger partial charge in [0.05, 0.1) is 23.7 Å². The number of hydrogen-bond donors (Lipinski definition) is 1. The van der Waals surface area contributed by atoms with Gasteiger partial charge in [-0.1, -0.05) is 17.8 Å². The highest BCUT2D eigenvalue weighted by molar-refractivity contribution is 7.99. The van der Waals surface area contributed by atoms with Gasteiger partial charge >= 0.3 is 5.97 Å². The lowest BCUT2D eigenvalue weighted by Crippen LogP contribution is -2.40. The van der Waals surface area contributed by atoms with E-state index in [0.29, 0.717) is 35.6 Å². The number of benzene rings is 2. The fourth-order valence-electron chi connectivity index (χ4n) is 2.85. The van der Waals surface area contributed by atoms with E-state index in [1.807, 2.05) is 0 Å². The number of carbonyl (C=O) groups is 2. The number of sulfonamides is 1. The Morgan fingerprint density at radius 2 is 1.81 bits per heavy atom. The minimum absolute atomic E-state index is 0.0134. The number of hydrogen-bond acceptors (Lipinski definition) is 7. The molecule has 2 aromatic rings. The lowest BCUT2D eigenvalue weighted by molar-refractivity contribution is -0.119. The molecule has 1 aliphatic rings. The first-order chi connectivity index (χ1) is 15.3. The average molecular weight is 487 g/mol. The molecule has 1 fully saturated rings. The summed E-state index contributed by atoms with van der Waals surface area (Å²) in [7, 11) is -3.78. The molecule has 8 nitrogen and oxygen atoms in total. The normalized spacial score (nSPS) is 14.8. The largest absolute Gasteiger partial charge is 0.452 e. The number of alkyl halides is 2.